The number of benzene rings is 1. The molecule has 1 aromatic rings. The summed E-state index contributed by atoms with van der Waals surface area (Å²) < 4.78 is 0. The van der Waals surface area contributed by atoms with Crippen LogP contribution < -0.4 is 5.73 Å². The van der Waals surface area contributed by atoms with Gasteiger partial charge >= 0.3 is 0 Å². The van der Waals surface area contributed by atoms with Gasteiger partial charge < -0.3 is 20.8 Å². The summed E-state index contributed by atoms with van der Waals surface area (Å²) in [6.07, 6.45) is -1.74. The van der Waals surface area contributed by atoms with Crippen LogP contribution in [0, 0.1) is 6.92 Å². The van der Waals surface area contributed by atoms with Crippen LogP contribution >= 0.6 is 0 Å². The molecule has 1 amide bonds. The molecule has 1 aromatic carbocycles. The van der Waals surface area contributed by atoms with Crippen LogP contribution in [-0.2, 0) is 0 Å². The second-order valence-electron chi connectivity index (χ2n) is 4.38. The lowest BCUT2D eigenvalue weighted by molar-refractivity contribution is 0.0572. The molecule has 2 rings (SSSR count). The number of nitrogen functional groups attached to an aromatic ring is 1. The highest BCUT2D eigenvalue weighted by Gasteiger charge is 2.33. The Hall–Kier alpha value is -1.59. The summed E-state index contributed by atoms with van der Waals surface area (Å²) in [5.74, 6) is -0.248. The molecule has 1 aliphatic heterocycles. The molecule has 0 aliphatic carbocycles. The number of aliphatic hydroxyl groups excluding tert-OH is 2. The van der Waals surface area contributed by atoms with E-state index < -0.39 is 12.2 Å². The number of carbonyl (C=O) groups excluding carboxylic acids is 1. The molecule has 2 unspecified atom stereocenters. The Morgan fingerprint density at radius 3 is 2.53 bits per heavy atom. The van der Waals surface area contributed by atoms with Gasteiger partial charge in [-0.25, -0.2) is 0 Å². The maximum atomic E-state index is 12.1. The van der Waals surface area contributed by atoms with Gasteiger partial charge in [0.25, 0.3) is 5.91 Å². The number of rotatable bonds is 1. The summed E-state index contributed by atoms with van der Waals surface area (Å²) in [7, 11) is 0. The first-order valence-corrected chi connectivity index (χ1v) is 5.51. The standard InChI is InChI=1S/C12H16N2O3/c1-7-3-2-4-8(11(7)13)12(17)14-5-9(15)10(16)6-14/h2-4,9-10,15-16H,5-6,13H2,1H3. The normalized spacial score (nSPS) is 24.1. The monoisotopic (exact) mass is 236 g/mol. The van der Waals surface area contributed by atoms with Crippen LogP contribution in [0.25, 0.3) is 0 Å². The van der Waals surface area contributed by atoms with E-state index in [0.29, 0.717) is 11.3 Å². The number of hydrogen-bond donors (Lipinski definition) is 3. The number of para-hydroxylation sites is 1. The van der Waals surface area contributed by atoms with Gasteiger partial charge in [-0.15, -0.1) is 0 Å². The number of likely N-dealkylation sites (tertiary alicyclic amines) is 1. The lowest BCUT2D eigenvalue weighted by Crippen LogP contribution is -2.30. The first kappa shape index (κ1) is 11.9. The fourth-order valence-corrected chi connectivity index (χ4v) is 1.97. The zero-order valence-corrected chi connectivity index (χ0v) is 9.63. The van der Waals surface area contributed by atoms with Crippen molar-refractivity contribution in [1.82, 2.24) is 4.90 Å². The largest absolute Gasteiger partial charge is 0.398 e. The first-order chi connectivity index (χ1) is 8.00. The van der Waals surface area contributed by atoms with Crippen LogP contribution in [0.2, 0.25) is 0 Å². The van der Waals surface area contributed by atoms with Crippen molar-refractivity contribution < 1.29 is 15.0 Å². The van der Waals surface area contributed by atoms with Crippen molar-refractivity contribution in [2.75, 3.05) is 18.8 Å². The van der Waals surface area contributed by atoms with E-state index in [4.69, 9.17) is 5.73 Å². The van der Waals surface area contributed by atoms with Crippen molar-refractivity contribution in [3.8, 4) is 0 Å². The minimum absolute atomic E-state index is 0.146. The summed E-state index contributed by atoms with van der Waals surface area (Å²) in [5.41, 5.74) is 7.57. The minimum Gasteiger partial charge on any atom is -0.398 e. The van der Waals surface area contributed by atoms with Gasteiger partial charge in [-0.05, 0) is 18.6 Å². The highest BCUT2D eigenvalue weighted by molar-refractivity contribution is 5.99. The Bertz CT molecular complexity index is 437. The van der Waals surface area contributed by atoms with E-state index in [1.807, 2.05) is 13.0 Å². The maximum absolute atomic E-state index is 12.1. The Morgan fingerprint density at radius 2 is 1.94 bits per heavy atom. The van der Waals surface area contributed by atoms with E-state index in [1.165, 1.54) is 4.90 Å². The molecule has 1 heterocycles. The quantitative estimate of drug-likeness (QED) is 0.587. The molecule has 0 aromatic heterocycles. The third kappa shape index (κ3) is 2.11. The summed E-state index contributed by atoms with van der Waals surface area (Å²) in [6.45, 7) is 2.13. The van der Waals surface area contributed by atoms with Crippen LogP contribution in [0.5, 0.6) is 0 Å². The number of aliphatic hydroxyl groups is 2. The van der Waals surface area contributed by atoms with Gasteiger partial charge in [0.2, 0.25) is 0 Å². The van der Waals surface area contributed by atoms with Gasteiger partial charge in [0.1, 0.15) is 0 Å². The lowest BCUT2D eigenvalue weighted by atomic mass is 10.1. The topological polar surface area (TPSA) is 86.8 Å². The van der Waals surface area contributed by atoms with E-state index in [0.717, 1.165) is 5.56 Å². The molecular weight excluding hydrogens is 220 g/mol. The predicted octanol–water partition coefficient (Wildman–Crippen LogP) is -0.245. The summed E-state index contributed by atoms with van der Waals surface area (Å²) in [5, 5.41) is 18.8. The zero-order chi connectivity index (χ0) is 12.6. The van der Waals surface area contributed by atoms with Gasteiger partial charge in [-0.3, -0.25) is 4.79 Å². The van der Waals surface area contributed by atoms with Crippen molar-refractivity contribution >= 4 is 11.6 Å². The highest BCUT2D eigenvalue weighted by atomic mass is 16.3. The maximum Gasteiger partial charge on any atom is 0.256 e. The molecule has 0 saturated carbocycles. The summed E-state index contributed by atoms with van der Waals surface area (Å²) >= 11 is 0. The number of nitrogens with zero attached hydrogens (tertiary/aromatic N) is 1. The molecule has 1 fully saturated rings. The number of aryl methyl sites for hydroxylation is 1. The van der Waals surface area contributed by atoms with E-state index in [-0.39, 0.29) is 19.0 Å². The first-order valence-electron chi connectivity index (χ1n) is 5.51. The van der Waals surface area contributed by atoms with Crippen molar-refractivity contribution in [2.24, 2.45) is 0 Å². The molecule has 4 N–H and O–H groups in total. The van der Waals surface area contributed by atoms with E-state index in [1.54, 1.807) is 12.1 Å². The second kappa shape index (κ2) is 4.35. The molecule has 2 atom stereocenters. The second-order valence-corrected chi connectivity index (χ2v) is 4.38. The van der Waals surface area contributed by atoms with E-state index in [9.17, 15) is 15.0 Å². The predicted molar refractivity (Wildman–Crippen MR) is 63.5 cm³/mol. The Morgan fingerprint density at radius 1 is 1.35 bits per heavy atom. The molecular formula is C12H16N2O3. The number of β-amino-alcohol motifs (C(OH)–C–C–N with tert-alkyl or cyclic N) is 2. The molecule has 17 heavy (non-hydrogen) atoms. The number of nitrogens with two attached hydrogens (primary N) is 1. The molecule has 0 bridgehead atoms. The molecule has 5 nitrogen and oxygen atoms in total. The van der Waals surface area contributed by atoms with Crippen LogP contribution in [0.3, 0.4) is 0 Å². The van der Waals surface area contributed by atoms with Crippen molar-refractivity contribution in [3.63, 3.8) is 0 Å². The molecule has 1 aliphatic rings. The van der Waals surface area contributed by atoms with Gasteiger partial charge in [0.15, 0.2) is 0 Å². The average molecular weight is 236 g/mol. The Kier molecular flexibility index (Phi) is 3.04. The molecule has 0 spiro atoms. The van der Waals surface area contributed by atoms with Gasteiger partial charge in [0.05, 0.1) is 17.8 Å². The van der Waals surface area contributed by atoms with Crippen LogP contribution in [0.1, 0.15) is 15.9 Å². The van der Waals surface area contributed by atoms with Crippen molar-refractivity contribution in [2.45, 2.75) is 19.1 Å². The number of carbonyl (C=O) groups is 1. The highest BCUT2D eigenvalue weighted by Crippen LogP contribution is 2.21. The summed E-state index contributed by atoms with van der Waals surface area (Å²) in [6, 6.07) is 5.25. The smallest absolute Gasteiger partial charge is 0.256 e. The van der Waals surface area contributed by atoms with Gasteiger partial charge in [-0.1, -0.05) is 12.1 Å². The Labute approximate surface area is 99.5 Å². The van der Waals surface area contributed by atoms with E-state index in [2.05, 4.69) is 0 Å². The SMILES string of the molecule is Cc1cccc(C(=O)N2CC(O)C(O)C2)c1N. The average Bonchev–Trinajstić information content (AvgIpc) is 2.62. The summed E-state index contributed by atoms with van der Waals surface area (Å²) in [4.78, 5) is 13.6. The van der Waals surface area contributed by atoms with Crippen LogP contribution in [0.15, 0.2) is 18.2 Å². The van der Waals surface area contributed by atoms with E-state index >= 15 is 0 Å². The van der Waals surface area contributed by atoms with Gasteiger partial charge in [-0.2, -0.15) is 0 Å². The van der Waals surface area contributed by atoms with Crippen LogP contribution in [-0.4, -0.2) is 46.3 Å². The minimum atomic E-state index is -0.870. The third-order valence-electron chi connectivity index (χ3n) is 3.10. The van der Waals surface area contributed by atoms with Crippen LogP contribution in [0.4, 0.5) is 5.69 Å². The zero-order valence-electron chi connectivity index (χ0n) is 9.63. The molecule has 92 valence electrons. The molecule has 1 saturated heterocycles. The van der Waals surface area contributed by atoms with Crippen molar-refractivity contribution in [1.29, 1.82) is 0 Å². The Balaban J connectivity index is 2.24. The fourth-order valence-electron chi connectivity index (χ4n) is 1.97. The number of hydrogen-bond acceptors (Lipinski definition) is 4. The lowest BCUT2D eigenvalue weighted by Gasteiger charge is -2.17. The number of anilines is 1. The molecule has 0 radical (unpaired) electrons. The number of amides is 1. The fraction of sp³-hybridized carbons (Fsp3) is 0.417. The third-order valence-corrected chi connectivity index (χ3v) is 3.10. The molecule has 5 heteroatoms. The van der Waals surface area contributed by atoms with Gasteiger partial charge in [0, 0.05) is 18.8 Å². The van der Waals surface area contributed by atoms with Crippen molar-refractivity contribution in [3.05, 3.63) is 29.3 Å².